The van der Waals surface area contributed by atoms with Gasteiger partial charge in [-0.2, -0.15) is 0 Å². The molecule has 4 heteroatoms. The number of likely N-dealkylation sites (tertiary alicyclic amines) is 1. The molecule has 1 heterocycles. The van der Waals surface area contributed by atoms with Crippen LogP contribution in [0.5, 0.6) is 0 Å². The number of benzene rings is 3. The average Bonchev–Trinajstić information content (AvgIpc) is 3.36. The first kappa shape index (κ1) is 24.3. The Morgan fingerprint density at radius 3 is 2.28 bits per heavy atom. The Bertz CT molecular complexity index is 1180. The van der Waals surface area contributed by atoms with Crippen LogP contribution in [0.1, 0.15) is 59.5 Å². The number of amides is 2. The number of hydrogen-bond acceptors (Lipinski definition) is 2. The molecule has 1 fully saturated rings. The van der Waals surface area contributed by atoms with Crippen LogP contribution in [-0.2, 0) is 29.0 Å². The van der Waals surface area contributed by atoms with E-state index in [1.165, 1.54) is 27.8 Å². The van der Waals surface area contributed by atoms with Gasteiger partial charge in [-0.05, 0) is 61.3 Å². The molecule has 3 aromatic rings. The van der Waals surface area contributed by atoms with Gasteiger partial charge in [-0.25, -0.2) is 0 Å². The SMILES string of the molecule is Cc1ccc(CN(C(=O)C2CCN(C(=O)CCc3ccccc3)CC2)C2CCc3ccccc32)cc1. The van der Waals surface area contributed by atoms with Crippen LogP contribution in [0.2, 0.25) is 0 Å². The number of piperidine rings is 1. The smallest absolute Gasteiger partial charge is 0.226 e. The van der Waals surface area contributed by atoms with Crippen LogP contribution in [0.25, 0.3) is 0 Å². The number of fused-ring (bicyclic) bond motifs is 1. The second kappa shape index (κ2) is 11.1. The molecule has 1 aliphatic heterocycles. The van der Waals surface area contributed by atoms with Crippen molar-refractivity contribution in [3.63, 3.8) is 0 Å². The Morgan fingerprint density at radius 1 is 0.833 bits per heavy atom. The lowest BCUT2D eigenvalue weighted by molar-refractivity contribution is -0.143. The van der Waals surface area contributed by atoms with Gasteiger partial charge in [0.1, 0.15) is 0 Å². The molecule has 1 atom stereocenters. The molecular formula is C32H36N2O2. The lowest BCUT2D eigenvalue weighted by Gasteiger charge is -2.37. The quantitative estimate of drug-likeness (QED) is 0.424. The first-order valence-corrected chi connectivity index (χ1v) is 13.3. The van der Waals surface area contributed by atoms with Gasteiger partial charge in [0.2, 0.25) is 11.8 Å². The Kier molecular flexibility index (Phi) is 7.50. The van der Waals surface area contributed by atoms with Crippen LogP contribution in [0, 0.1) is 12.8 Å². The van der Waals surface area contributed by atoms with E-state index >= 15 is 0 Å². The highest BCUT2D eigenvalue weighted by Crippen LogP contribution is 2.38. The fraction of sp³-hybridized carbons (Fsp3) is 0.375. The second-order valence-electron chi connectivity index (χ2n) is 10.3. The van der Waals surface area contributed by atoms with E-state index in [1.54, 1.807) is 0 Å². The Balaban J connectivity index is 1.25. The number of rotatable bonds is 7. The van der Waals surface area contributed by atoms with Crippen molar-refractivity contribution in [3.05, 3.63) is 107 Å². The zero-order chi connectivity index (χ0) is 24.9. The van der Waals surface area contributed by atoms with Gasteiger partial charge in [-0.1, -0.05) is 84.4 Å². The van der Waals surface area contributed by atoms with E-state index in [9.17, 15) is 9.59 Å². The summed E-state index contributed by atoms with van der Waals surface area (Å²) in [5.74, 6) is 0.418. The molecule has 0 spiro atoms. The minimum absolute atomic E-state index is 0.0265. The van der Waals surface area contributed by atoms with Crippen molar-refractivity contribution in [2.75, 3.05) is 13.1 Å². The van der Waals surface area contributed by atoms with Gasteiger partial charge < -0.3 is 9.80 Å². The molecule has 0 radical (unpaired) electrons. The molecule has 1 aliphatic carbocycles. The van der Waals surface area contributed by atoms with Crippen molar-refractivity contribution < 1.29 is 9.59 Å². The predicted octanol–water partition coefficient (Wildman–Crippen LogP) is 5.88. The number of carbonyl (C=O) groups excluding carboxylic acids is 2. The normalized spacial score (nSPS) is 17.6. The lowest BCUT2D eigenvalue weighted by atomic mass is 9.93. The molecule has 0 saturated carbocycles. The van der Waals surface area contributed by atoms with Crippen LogP contribution in [0.15, 0.2) is 78.9 Å². The van der Waals surface area contributed by atoms with Gasteiger partial charge >= 0.3 is 0 Å². The van der Waals surface area contributed by atoms with Crippen molar-refractivity contribution in [2.45, 2.75) is 58.0 Å². The predicted molar refractivity (Wildman–Crippen MR) is 143 cm³/mol. The monoisotopic (exact) mass is 480 g/mol. The summed E-state index contributed by atoms with van der Waals surface area (Å²) < 4.78 is 0. The molecule has 0 aromatic heterocycles. The van der Waals surface area contributed by atoms with Gasteiger partial charge in [-0.15, -0.1) is 0 Å². The Hall–Kier alpha value is -3.40. The van der Waals surface area contributed by atoms with E-state index in [4.69, 9.17) is 0 Å². The third-order valence-electron chi connectivity index (χ3n) is 7.90. The fourth-order valence-electron chi connectivity index (χ4n) is 5.75. The minimum Gasteiger partial charge on any atom is -0.343 e. The maximum Gasteiger partial charge on any atom is 0.226 e. The summed E-state index contributed by atoms with van der Waals surface area (Å²) in [5, 5.41) is 0. The van der Waals surface area contributed by atoms with Gasteiger partial charge in [0.15, 0.2) is 0 Å². The van der Waals surface area contributed by atoms with Crippen LogP contribution in [0.3, 0.4) is 0 Å². The van der Waals surface area contributed by atoms with Crippen molar-refractivity contribution in [1.82, 2.24) is 9.80 Å². The summed E-state index contributed by atoms with van der Waals surface area (Å²) >= 11 is 0. The minimum atomic E-state index is -0.0265. The van der Waals surface area contributed by atoms with Crippen molar-refractivity contribution >= 4 is 11.8 Å². The summed E-state index contributed by atoms with van der Waals surface area (Å²) in [6, 6.07) is 27.4. The maximum atomic E-state index is 14.0. The van der Waals surface area contributed by atoms with E-state index in [2.05, 4.69) is 72.5 Å². The zero-order valence-corrected chi connectivity index (χ0v) is 21.2. The van der Waals surface area contributed by atoms with E-state index in [1.807, 2.05) is 23.1 Å². The molecule has 5 rings (SSSR count). The summed E-state index contributed by atoms with van der Waals surface area (Å²) in [6.45, 7) is 4.07. The topological polar surface area (TPSA) is 40.6 Å². The number of carbonyl (C=O) groups is 2. The summed E-state index contributed by atoms with van der Waals surface area (Å²) in [4.78, 5) is 30.9. The first-order valence-electron chi connectivity index (χ1n) is 13.3. The van der Waals surface area contributed by atoms with Gasteiger partial charge in [0.25, 0.3) is 0 Å². The van der Waals surface area contributed by atoms with Gasteiger partial charge in [-0.3, -0.25) is 9.59 Å². The molecule has 2 amide bonds. The van der Waals surface area contributed by atoms with Crippen LogP contribution in [-0.4, -0.2) is 34.7 Å². The lowest BCUT2D eigenvalue weighted by Crippen LogP contribution is -2.45. The van der Waals surface area contributed by atoms with E-state index < -0.39 is 0 Å². The van der Waals surface area contributed by atoms with Gasteiger partial charge in [0, 0.05) is 32.0 Å². The molecule has 0 bridgehead atoms. The first-order chi connectivity index (χ1) is 17.6. The largest absolute Gasteiger partial charge is 0.343 e. The number of hydrogen-bond donors (Lipinski definition) is 0. The highest BCUT2D eigenvalue weighted by molar-refractivity contribution is 5.81. The molecule has 2 aliphatic rings. The summed E-state index contributed by atoms with van der Waals surface area (Å²) in [5.41, 5.74) is 6.26. The molecule has 36 heavy (non-hydrogen) atoms. The molecule has 4 nitrogen and oxygen atoms in total. The van der Waals surface area contributed by atoms with Crippen LogP contribution in [0.4, 0.5) is 0 Å². The zero-order valence-electron chi connectivity index (χ0n) is 21.2. The average molecular weight is 481 g/mol. The van der Waals surface area contributed by atoms with E-state index in [0.717, 1.165) is 32.1 Å². The maximum absolute atomic E-state index is 14.0. The Morgan fingerprint density at radius 2 is 1.53 bits per heavy atom. The van der Waals surface area contributed by atoms with E-state index in [-0.39, 0.29) is 23.8 Å². The standard InChI is InChI=1S/C32H36N2O2/c1-24-11-13-26(14-12-24)23-34(30-17-16-27-9-5-6-10-29(27)30)32(36)28-19-21-33(22-20-28)31(35)18-15-25-7-3-2-4-8-25/h2-14,28,30H,15-23H2,1H3. The highest BCUT2D eigenvalue weighted by Gasteiger charge is 2.36. The van der Waals surface area contributed by atoms with Crippen molar-refractivity contribution in [2.24, 2.45) is 5.92 Å². The highest BCUT2D eigenvalue weighted by atomic mass is 16.2. The molecule has 1 unspecified atom stereocenters. The van der Waals surface area contributed by atoms with Crippen LogP contribution < -0.4 is 0 Å². The molecule has 186 valence electrons. The fourth-order valence-corrected chi connectivity index (χ4v) is 5.75. The molecular weight excluding hydrogens is 444 g/mol. The van der Waals surface area contributed by atoms with E-state index in [0.29, 0.717) is 26.1 Å². The summed E-state index contributed by atoms with van der Waals surface area (Å²) in [7, 11) is 0. The third-order valence-corrected chi connectivity index (χ3v) is 7.90. The third kappa shape index (κ3) is 5.53. The Labute approximate surface area is 214 Å². The molecule has 1 saturated heterocycles. The number of nitrogens with zero attached hydrogens (tertiary/aromatic N) is 2. The van der Waals surface area contributed by atoms with Crippen LogP contribution >= 0.6 is 0 Å². The second-order valence-corrected chi connectivity index (χ2v) is 10.3. The molecule has 3 aromatic carbocycles. The van der Waals surface area contributed by atoms with Crippen molar-refractivity contribution in [3.8, 4) is 0 Å². The van der Waals surface area contributed by atoms with Crippen molar-refractivity contribution in [1.29, 1.82) is 0 Å². The van der Waals surface area contributed by atoms with Gasteiger partial charge in [0.05, 0.1) is 6.04 Å². The molecule has 0 N–H and O–H groups in total. The summed E-state index contributed by atoms with van der Waals surface area (Å²) in [6.07, 6.45) is 4.79. The number of aryl methyl sites for hydroxylation is 3.